The number of pyridine rings is 1. The summed E-state index contributed by atoms with van der Waals surface area (Å²) in [7, 11) is -1.50. The number of methoxy groups -OCH3 is 2. The van der Waals surface area contributed by atoms with E-state index in [1.807, 2.05) is 0 Å². The minimum Gasteiger partial charge on any atom is -0.497 e. The van der Waals surface area contributed by atoms with E-state index in [4.69, 9.17) is 4.74 Å². The van der Waals surface area contributed by atoms with E-state index in [0.717, 1.165) is 19.4 Å². The molecule has 0 aliphatic carbocycles. The molecular weight excluding hydrogens is 310 g/mol. The number of hydrogen-bond acceptors (Lipinski definition) is 6. The average molecular weight is 323 g/mol. The van der Waals surface area contributed by atoms with Crippen LogP contribution in [0.15, 0.2) is 52.3 Å². The van der Waals surface area contributed by atoms with Crippen LogP contribution in [0.2, 0.25) is 0 Å². The average Bonchev–Trinajstić information content (AvgIpc) is 2.54. The number of ether oxygens (including phenoxy) is 2. The van der Waals surface area contributed by atoms with Crippen molar-refractivity contribution in [1.29, 1.82) is 0 Å². The second-order valence-corrected chi connectivity index (χ2v) is 6.04. The molecule has 0 spiro atoms. The third kappa shape index (κ3) is 2.86. The fourth-order valence-corrected chi connectivity index (χ4v) is 3.01. The van der Waals surface area contributed by atoms with Crippen molar-refractivity contribution in [2.45, 2.75) is 4.90 Å². The third-order valence-electron chi connectivity index (χ3n) is 2.92. The van der Waals surface area contributed by atoms with E-state index in [2.05, 4.69) is 4.74 Å². The predicted octanol–water partition coefficient (Wildman–Crippen LogP) is 0.881. The smallest absolute Gasteiger partial charge is 0.339 e. The number of esters is 1. The molecule has 22 heavy (non-hydrogen) atoms. The van der Waals surface area contributed by atoms with Crippen molar-refractivity contribution in [1.82, 2.24) is 3.97 Å². The van der Waals surface area contributed by atoms with Gasteiger partial charge in [-0.15, -0.1) is 0 Å². The van der Waals surface area contributed by atoms with Gasteiger partial charge in [-0.2, -0.15) is 0 Å². The summed E-state index contributed by atoms with van der Waals surface area (Å²) in [6, 6.07) is 7.74. The fourth-order valence-electron chi connectivity index (χ4n) is 1.76. The topological polar surface area (TPSA) is 91.7 Å². The van der Waals surface area contributed by atoms with Crippen LogP contribution in [0.4, 0.5) is 0 Å². The first kappa shape index (κ1) is 15.8. The zero-order valence-corrected chi connectivity index (χ0v) is 12.7. The van der Waals surface area contributed by atoms with Gasteiger partial charge in [-0.25, -0.2) is 17.2 Å². The van der Waals surface area contributed by atoms with Gasteiger partial charge in [-0.05, 0) is 30.3 Å². The van der Waals surface area contributed by atoms with Crippen LogP contribution in [-0.2, 0) is 14.8 Å². The van der Waals surface area contributed by atoms with E-state index in [1.165, 1.54) is 37.4 Å². The first-order chi connectivity index (χ1) is 10.4. The number of aromatic nitrogens is 1. The van der Waals surface area contributed by atoms with Gasteiger partial charge < -0.3 is 9.47 Å². The Kier molecular flexibility index (Phi) is 4.32. The molecule has 0 radical (unpaired) electrons. The number of carbonyl (C=O) groups excluding carboxylic acids is 1. The molecule has 0 fully saturated rings. The highest BCUT2D eigenvalue weighted by Crippen LogP contribution is 2.17. The summed E-state index contributed by atoms with van der Waals surface area (Å²) >= 11 is 0. The van der Waals surface area contributed by atoms with Crippen LogP contribution in [0.5, 0.6) is 5.75 Å². The molecule has 0 aliphatic rings. The second kappa shape index (κ2) is 6.02. The number of rotatable bonds is 4. The lowest BCUT2D eigenvalue weighted by molar-refractivity contribution is 0.0600. The Balaban J connectivity index is 2.57. The van der Waals surface area contributed by atoms with Gasteiger partial charge in [0.25, 0.3) is 15.6 Å². The number of hydrogen-bond donors (Lipinski definition) is 0. The van der Waals surface area contributed by atoms with E-state index in [0.29, 0.717) is 9.72 Å². The molecule has 0 bridgehead atoms. The van der Waals surface area contributed by atoms with Crippen molar-refractivity contribution < 1.29 is 22.7 Å². The Hall–Kier alpha value is -2.61. The first-order valence-corrected chi connectivity index (χ1v) is 7.55. The molecule has 2 aromatic rings. The molecule has 0 N–H and O–H groups in total. The molecule has 116 valence electrons. The zero-order valence-electron chi connectivity index (χ0n) is 11.8. The van der Waals surface area contributed by atoms with Crippen molar-refractivity contribution in [3.8, 4) is 5.75 Å². The fraction of sp³-hybridized carbons (Fsp3) is 0.143. The largest absolute Gasteiger partial charge is 0.497 e. The lowest BCUT2D eigenvalue weighted by Gasteiger charge is -2.09. The molecule has 1 aromatic heterocycles. The number of nitrogens with zero attached hydrogens (tertiary/aromatic N) is 1. The zero-order chi connectivity index (χ0) is 16.3. The lowest BCUT2D eigenvalue weighted by Crippen LogP contribution is -2.27. The minimum absolute atomic E-state index is 0.0424. The van der Waals surface area contributed by atoms with Gasteiger partial charge in [0.1, 0.15) is 5.75 Å². The normalized spacial score (nSPS) is 11.0. The van der Waals surface area contributed by atoms with Crippen molar-refractivity contribution in [3.05, 3.63) is 58.5 Å². The van der Waals surface area contributed by atoms with E-state index in [9.17, 15) is 18.0 Å². The van der Waals surface area contributed by atoms with Crippen LogP contribution < -0.4 is 10.3 Å². The molecule has 0 aliphatic heterocycles. The van der Waals surface area contributed by atoms with Gasteiger partial charge in [0.2, 0.25) is 0 Å². The predicted molar refractivity (Wildman–Crippen MR) is 77.6 cm³/mol. The van der Waals surface area contributed by atoms with Crippen molar-refractivity contribution in [2.24, 2.45) is 0 Å². The highest BCUT2D eigenvalue weighted by Gasteiger charge is 2.20. The summed E-state index contributed by atoms with van der Waals surface area (Å²) in [5, 5.41) is 0. The molecule has 0 saturated heterocycles. The monoisotopic (exact) mass is 323 g/mol. The highest BCUT2D eigenvalue weighted by molar-refractivity contribution is 7.90. The summed E-state index contributed by atoms with van der Waals surface area (Å²) in [6.07, 6.45) is 0.938. The summed E-state index contributed by atoms with van der Waals surface area (Å²) in [4.78, 5) is 23.2. The molecule has 0 atom stereocenters. The molecule has 0 amide bonds. The Morgan fingerprint density at radius 1 is 1.05 bits per heavy atom. The quantitative estimate of drug-likeness (QED) is 0.776. The molecule has 1 aromatic carbocycles. The Morgan fingerprint density at radius 2 is 1.68 bits per heavy atom. The SMILES string of the molecule is COC(=O)c1ccc(=O)n(S(=O)(=O)c2ccc(OC)cc2)c1. The van der Waals surface area contributed by atoms with Gasteiger partial charge in [0.05, 0.1) is 24.7 Å². The molecule has 0 unspecified atom stereocenters. The van der Waals surface area contributed by atoms with Gasteiger partial charge in [-0.3, -0.25) is 4.79 Å². The minimum atomic E-state index is -4.12. The standard InChI is InChI=1S/C14H13NO6S/c1-20-11-4-6-12(7-5-11)22(18,19)15-9-10(14(17)21-2)3-8-13(15)16/h3-9H,1-2H3. The van der Waals surface area contributed by atoms with Crippen LogP contribution in [0.3, 0.4) is 0 Å². The van der Waals surface area contributed by atoms with Crippen molar-refractivity contribution in [2.75, 3.05) is 14.2 Å². The lowest BCUT2D eigenvalue weighted by atomic mass is 10.3. The third-order valence-corrected chi connectivity index (χ3v) is 4.59. The molecule has 1 heterocycles. The van der Waals surface area contributed by atoms with Crippen LogP contribution in [0.25, 0.3) is 0 Å². The number of benzene rings is 1. The van der Waals surface area contributed by atoms with Gasteiger partial charge >= 0.3 is 5.97 Å². The maximum atomic E-state index is 12.5. The van der Waals surface area contributed by atoms with Gasteiger partial charge in [0, 0.05) is 12.3 Å². The first-order valence-electron chi connectivity index (χ1n) is 6.11. The highest BCUT2D eigenvalue weighted by atomic mass is 32.2. The van der Waals surface area contributed by atoms with E-state index < -0.39 is 21.6 Å². The van der Waals surface area contributed by atoms with Crippen LogP contribution >= 0.6 is 0 Å². The molecule has 0 saturated carbocycles. The number of carbonyl (C=O) groups is 1. The summed E-state index contributed by atoms with van der Waals surface area (Å²) in [6.45, 7) is 0. The van der Waals surface area contributed by atoms with E-state index >= 15 is 0 Å². The Bertz CT molecular complexity index is 852. The molecule has 8 heteroatoms. The van der Waals surface area contributed by atoms with Crippen molar-refractivity contribution in [3.63, 3.8) is 0 Å². The summed E-state index contributed by atoms with van der Waals surface area (Å²) in [5.74, 6) is -0.256. The van der Waals surface area contributed by atoms with Crippen LogP contribution in [0, 0.1) is 0 Å². The van der Waals surface area contributed by atoms with Crippen LogP contribution in [-0.4, -0.2) is 32.6 Å². The van der Waals surface area contributed by atoms with Crippen molar-refractivity contribution >= 4 is 16.0 Å². The summed E-state index contributed by atoms with van der Waals surface area (Å²) in [5.41, 5.74) is -0.817. The summed E-state index contributed by atoms with van der Waals surface area (Å²) < 4.78 is 34.9. The molecule has 7 nitrogen and oxygen atoms in total. The van der Waals surface area contributed by atoms with Crippen LogP contribution in [0.1, 0.15) is 10.4 Å². The maximum absolute atomic E-state index is 12.5. The van der Waals surface area contributed by atoms with Gasteiger partial charge in [0.15, 0.2) is 0 Å². The second-order valence-electron chi connectivity index (χ2n) is 4.22. The van der Waals surface area contributed by atoms with E-state index in [1.54, 1.807) is 0 Å². The maximum Gasteiger partial charge on any atom is 0.339 e. The van der Waals surface area contributed by atoms with E-state index in [-0.39, 0.29) is 10.5 Å². The molecular formula is C14H13NO6S. The van der Waals surface area contributed by atoms with Gasteiger partial charge in [-0.1, -0.05) is 0 Å². The molecule has 2 rings (SSSR count). The Morgan fingerprint density at radius 3 is 2.23 bits per heavy atom. The Labute approximate surface area is 126 Å².